The molecule has 0 saturated carbocycles. The van der Waals surface area contributed by atoms with E-state index in [9.17, 15) is 31.5 Å². The number of aromatic nitrogens is 1. The van der Waals surface area contributed by atoms with Crippen LogP contribution in [0.2, 0.25) is 5.02 Å². The fourth-order valence-electron chi connectivity index (χ4n) is 4.70. The number of nitrogens with zero attached hydrogens (tertiary/aromatic N) is 3. The first-order chi connectivity index (χ1) is 18.3. The van der Waals surface area contributed by atoms with Crippen molar-refractivity contribution in [2.45, 2.75) is 19.5 Å². The zero-order valence-electron chi connectivity index (χ0n) is 20.7. The highest BCUT2D eigenvalue weighted by atomic mass is 35.5. The lowest BCUT2D eigenvalue weighted by molar-refractivity contribution is 0.0764. The van der Waals surface area contributed by atoms with Crippen LogP contribution < -0.4 is 4.31 Å². The number of aromatic hydroxyl groups is 1. The number of pyridine rings is 1. The van der Waals surface area contributed by atoms with Crippen LogP contribution >= 0.6 is 11.6 Å². The van der Waals surface area contributed by atoms with E-state index in [4.69, 9.17) is 11.6 Å². The molecular formula is C27H21ClF3N3O4S. The molecule has 3 aromatic carbocycles. The predicted octanol–water partition coefficient (Wildman–Crippen LogP) is 5.15. The molecule has 1 aliphatic heterocycles. The number of rotatable bonds is 6. The number of phenols is 1. The molecule has 4 aromatic rings. The van der Waals surface area contributed by atoms with Gasteiger partial charge in [0.2, 0.25) is 10.0 Å². The quantitative estimate of drug-likeness (QED) is 0.321. The monoisotopic (exact) mass is 575 g/mol. The number of amides is 1. The van der Waals surface area contributed by atoms with E-state index in [2.05, 4.69) is 4.98 Å². The molecule has 0 fully saturated rings. The third kappa shape index (κ3) is 4.87. The van der Waals surface area contributed by atoms with Gasteiger partial charge in [-0.15, -0.1) is 0 Å². The van der Waals surface area contributed by atoms with Gasteiger partial charge >= 0.3 is 0 Å². The summed E-state index contributed by atoms with van der Waals surface area (Å²) < 4.78 is 67.7. The van der Waals surface area contributed by atoms with Gasteiger partial charge in [0.05, 0.1) is 22.5 Å². The van der Waals surface area contributed by atoms with Crippen molar-refractivity contribution in [3.8, 4) is 5.75 Å². The van der Waals surface area contributed by atoms with Crippen molar-refractivity contribution < 1.29 is 31.5 Å². The Hall–Kier alpha value is -3.83. The van der Waals surface area contributed by atoms with Gasteiger partial charge in [-0.2, -0.15) is 0 Å². The third-order valence-electron chi connectivity index (χ3n) is 6.68. The molecular weight excluding hydrogens is 555 g/mol. The van der Waals surface area contributed by atoms with Crippen LogP contribution in [0.15, 0.2) is 48.7 Å². The van der Waals surface area contributed by atoms with Crippen molar-refractivity contribution in [3.05, 3.63) is 99.0 Å². The van der Waals surface area contributed by atoms with E-state index in [1.165, 1.54) is 42.4 Å². The molecule has 0 aliphatic carbocycles. The van der Waals surface area contributed by atoms with Gasteiger partial charge in [-0.3, -0.25) is 14.1 Å². The summed E-state index contributed by atoms with van der Waals surface area (Å²) in [6.07, 6.45) is 2.30. The van der Waals surface area contributed by atoms with E-state index in [1.54, 1.807) is 6.07 Å². The van der Waals surface area contributed by atoms with E-state index in [0.29, 0.717) is 17.2 Å². The fraction of sp³-hybridized carbons (Fsp3) is 0.185. The maximum Gasteiger partial charge on any atom is 0.258 e. The molecule has 0 unspecified atom stereocenters. The average Bonchev–Trinajstić information content (AvgIpc) is 3.19. The highest BCUT2D eigenvalue weighted by molar-refractivity contribution is 7.92. The first-order valence-electron chi connectivity index (χ1n) is 11.6. The molecule has 0 spiro atoms. The average molecular weight is 576 g/mol. The summed E-state index contributed by atoms with van der Waals surface area (Å²) in [6.45, 7) is 0.0611. The van der Waals surface area contributed by atoms with Crippen molar-refractivity contribution in [1.82, 2.24) is 9.88 Å². The SMILES string of the molecule is CN(c1c2c(c(O)c3ncc(Cc4cc(Cl)c(F)cc4F)cc13)C(=O)N(Cc1ccc(F)cc1)C2)S(C)(=O)=O. The predicted molar refractivity (Wildman–Crippen MR) is 141 cm³/mol. The van der Waals surface area contributed by atoms with Gasteiger partial charge in [0.25, 0.3) is 5.91 Å². The molecule has 2 heterocycles. The minimum Gasteiger partial charge on any atom is -0.505 e. The molecule has 0 saturated heterocycles. The first-order valence-corrected chi connectivity index (χ1v) is 13.8. The van der Waals surface area contributed by atoms with E-state index in [1.807, 2.05) is 0 Å². The summed E-state index contributed by atoms with van der Waals surface area (Å²) in [5.74, 6) is -3.10. The number of carbonyl (C=O) groups excluding carboxylic acids is 1. The van der Waals surface area contributed by atoms with Crippen LogP contribution in [0.3, 0.4) is 0 Å². The van der Waals surface area contributed by atoms with Crippen LogP contribution in [-0.4, -0.2) is 42.6 Å². The normalized spacial score (nSPS) is 13.3. The Morgan fingerprint density at radius 1 is 1.08 bits per heavy atom. The van der Waals surface area contributed by atoms with Crippen molar-refractivity contribution in [1.29, 1.82) is 0 Å². The highest BCUT2D eigenvalue weighted by Crippen LogP contribution is 2.45. The van der Waals surface area contributed by atoms with Crippen LogP contribution in [0.4, 0.5) is 18.9 Å². The van der Waals surface area contributed by atoms with Gasteiger partial charge in [-0.1, -0.05) is 23.7 Å². The number of anilines is 1. The molecule has 1 N–H and O–H groups in total. The second-order valence-corrected chi connectivity index (χ2v) is 11.8. The number of fused-ring (bicyclic) bond motifs is 2. The molecule has 39 heavy (non-hydrogen) atoms. The van der Waals surface area contributed by atoms with E-state index in [-0.39, 0.29) is 57.8 Å². The fourth-order valence-corrected chi connectivity index (χ4v) is 5.43. The minimum atomic E-state index is -3.84. The second kappa shape index (κ2) is 9.73. The number of benzene rings is 3. The second-order valence-electron chi connectivity index (χ2n) is 9.34. The minimum absolute atomic E-state index is 0.0161. The molecule has 7 nitrogen and oxygen atoms in total. The van der Waals surface area contributed by atoms with E-state index < -0.39 is 39.1 Å². The third-order valence-corrected chi connectivity index (χ3v) is 8.15. The number of hydrogen-bond donors (Lipinski definition) is 1. The lowest BCUT2D eigenvalue weighted by atomic mass is 9.98. The molecule has 1 aliphatic rings. The summed E-state index contributed by atoms with van der Waals surface area (Å²) in [7, 11) is -2.52. The maximum absolute atomic E-state index is 14.4. The van der Waals surface area contributed by atoms with E-state index in [0.717, 1.165) is 16.6 Å². The molecule has 1 aromatic heterocycles. The Balaban J connectivity index is 1.65. The van der Waals surface area contributed by atoms with Crippen molar-refractivity contribution >= 4 is 44.1 Å². The number of sulfonamides is 1. The lowest BCUT2D eigenvalue weighted by Crippen LogP contribution is -2.26. The topological polar surface area (TPSA) is 90.8 Å². The Morgan fingerprint density at radius 2 is 1.77 bits per heavy atom. The molecule has 5 rings (SSSR count). The zero-order valence-corrected chi connectivity index (χ0v) is 22.2. The summed E-state index contributed by atoms with van der Waals surface area (Å²) in [6, 6.07) is 8.96. The Bertz CT molecular complexity index is 1770. The lowest BCUT2D eigenvalue weighted by Gasteiger charge is -2.23. The van der Waals surface area contributed by atoms with Crippen LogP contribution in [0.25, 0.3) is 10.9 Å². The smallest absolute Gasteiger partial charge is 0.258 e. The Morgan fingerprint density at radius 3 is 2.44 bits per heavy atom. The molecule has 1 amide bonds. The maximum atomic E-state index is 14.4. The number of phenolic OH excluding ortho intramolecular Hbond substituents is 1. The summed E-state index contributed by atoms with van der Waals surface area (Å²) in [5, 5.41) is 11.1. The number of hydrogen-bond acceptors (Lipinski definition) is 5. The number of carbonyl (C=O) groups is 1. The van der Waals surface area contributed by atoms with Gasteiger partial charge in [-0.05, 0) is 41.0 Å². The van der Waals surface area contributed by atoms with Gasteiger partial charge in [0, 0.05) is 49.8 Å². The standard InChI is InChI=1S/C27H21ClF3N3O4S/c1-33(39(2,37)38)25-18-8-15(7-16-9-20(28)22(31)10-21(16)30)11-32-24(18)26(35)23-19(25)13-34(27(23)36)12-14-3-5-17(29)6-4-14/h3-6,8-11,35H,7,12-13H2,1-2H3. The zero-order chi connectivity index (χ0) is 28.2. The Kier molecular flexibility index (Phi) is 6.68. The molecule has 0 radical (unpaired) electrons. The molecule has 0 atom stereocenters. The van der Waals surface area contributed by atoms with Crippen molar-refractivity contribution in [2.75, 3.05) is 17.6 Å². The van der Waals surface area contributed by atoms with Gasteiger partial charge < -0.3 is 10.0 Å². The van der Waals surface area contributed by atoms with E-state index >= 15 is 0 Å². The summed E-state index contributed by atoms with van der Waals surface area (Å²) in [5.41, 5.74) is 1.48. The van der Waals surface area contributed by atoms with Crippen LogP contribution in [0, 0.1) is 17.5 Å². The Labute approximate surface area is 227 Å². The summed E-state index contributed by atoms with van der Waals surface area (Å²) in [4.78, 5) is 19.1. The van der Waals surface area contributed by atoms with Crippen LogP contribution in [-0.2, 0) is 29.5 Å². The van der Waals surface area contributed by atoms with Gasteiger partial charge in [-0.25, -0.2) is 21.6 Å². The first kappa shape index (κ1) is 26.8. The highest BCUT2D eigenvalue weighted by Gasteiger charge is 2.37. The van der Waals surface area contributed by atoms with Gasteiger partial charge in [0.1, 0.15) is 23.0 Å². The van der Waals surface area contributed by atoms with Crippen LogP contribution in [0.1, 0.15) is 32.6 Å². The largest absolute Gasteiger partial charge is 0.505 e. The summed E-state index contributed by atoms with van der Waals surface area (Å²) >= 11 is 5.82. The molecule has 202 valence electrons. The van der Waals surface area contributed by atoms with Crippen molar-refractivity contribution in [2.24, 2.45) is 0 Å². The van der Waals surface area contributed by atoms with Crippen LogP contribution in [0.5, 0.6) is 5.75 Å². The number of halogens is 4. The van der Waals surface area contributed by atoms with Gasteiger partial charge in [0.15, 0.2) is 5.75 Å². The van der Waals surface area contributed by atoms with Crippen molar-refractivity contribution in [3.63, 3.8) is 0 Å². The molecule has 0 bridgehead atoms. The molecule has 12 heteroatoms.